The fourth-order valence-electron chi connectivity index (χ4n) is 1.70. The summed E-state index contributed by atoms with van der Waals surface area (Å²) in [7, 11) is 0. The van der Waals surface area contributed by atoms with E-state index in [4.69, 9.17) is 0 Å². The van der Waals surface area contributed by atoms with Gasteiger partial charge in [0, 0.05) is 11.1 Å². The van der Waals surface area contributed by atoms with Crippen molar-refractivity contribution in [2.45, 2.75) is 19.8 Å². The smallest absolute Gasteiger partial charge is 0.264 e. The number of aryl methyl sites for hydroxylation is 1. The van der Waals surface area contributed by atoms with Gasteiger partial charge in [0.15, 0.2) is 0 Å². The summed E-state index contributed by atoms with van der Waals surface area (Å²) in [6.07, 6.45) is -1.93. The Morgan fingerprint density at radius 1 is 1.42 bits per heavy atom. The third-order valence-corrected chi connectivity index (χ3v) is 3.79. The van der Waals surface area contributed by atoms with Gasteiger partial charge in [-0.05, 0) is 35.1 Å². The lowest BCUT2D eigenvalue weighted by Crippen LogP contribution is -2.16. The van der Waals surface area contributed by atoms with Gasteiger partial charge in [-0.3, -0.25) is 4.79 Å². The largest absolute Gasteiger partial charge is 0.306 e. The lowest BCUT2D eigenvalue weighted by atomic mass is 10.1. The zero-order valence-corrected chi connectivity index (χ0v) is 12.2. The zero-order chi connectivity index (χ0) is 14.0. The first-order chi connectivity index (χ1) is 9.02. The summed E-state index contributed by atoms with van der Waals surface area (Å²) in [5.41, 5.74) is 0.824. The number of nitrogens with zero attached hydrogens (tertiary/aromatic N) is 1. The standard InChI is InChI=1S/C13H11F2IN2O/c1-2-9-10(16)13(19)18-12(17-9)8-5-3-4-7(6-8)11(14)15/h3-6,11H,2H2,1H3,(H,17,18,19). The number of halogens is 3. The summed E-state index contributed by atoms with van der Waals surface area (Å²) < 4.78 is 25.9. The van der Waals surface area contributed by atoms with Crippen molar-refractivity contribution in [3.05, 3.63) is 49.4 Å². The molecule has 0 spiro atoms. The molecular weight excluding hydrogens is 365 g/mol. The quantitative estimate of drug-likeness (QED) is 0.834. The van der Waals surface area contributed by atoms with Gasteiger partial charge >= 0.3 is 0 Å². The molecule has 19 heavy (non-hydrogen) atoms. The van der Waals surface area contributed by atoms with Crippen molar-refractivity contribution >= 4 is 22.6 Å². The normalized spacial score (nSPS) is 11.0. The molecule has 0 saturated carbocycles. The molecule has 1 N–H and O–H groups in total. The van der Waals surface area contributed by atoms with Crippen LogP contribution in [0.3, 0.4) is 0 Å². The number of aromatic amines is 1. The predicted octanol–water partition coefficient (Wildman–Crippen LogP) is 3.54. The second-order valence-corrected chi connectivity index (χ2v) is 5.03. The van der Waals surface area contributed by atoms with Crippen molar-refractivity contribution < 1.29 is 8.78 Å². The maximum atomic E-state index is 12.7. The van der Waals surface area contributed by atoms with Gasteiger partial charge < -0.3 is 4.98 Å². The number of nitrogens with one attached hydrogen (secondary N) is 1. The van der Waals surface area contributed by atoms with Crippen molar-refractivity contribution in [1.29, 1.82) is 0 Å². The van der Waals surface area contributed by atoms with E-state index in [1.54, 1.807) is 6.07 Å². The highest BCUT2D eigenvalue weighted by Gasteiger charge is 2.11. The Bertz CT molecular complexity index is 655. The van der Waals surface area contributed by atoms with Crippen LogP contribution in [-0.4, -0.2) is 9.97 Å². The molecule has 0 unspecified atom stereocenters. The van der Waals surface area contributed by atoms with Gasteiger partial charge in [0.2, 0.25) is 0 Å². The summed E-state index contributed by atoms with van der Waals surface area (Å²) in [6.45, 7) is 1.89. The number of rotatable bonds is 3. The summed E-state index contributed by atoms with van der Waals surface area (Å²) >= 11 is 1.93. The summed E-state index contributed by atoms with van der Waals surface area (Å²) in [5.74, 6) is 0.324. The van der Waals surface area contributed by atoms with Crippen LogP contribution in [0.15, 0.2) is 29.1 Å². The van der Waals surface area contributed by atoms with Crippen LogP contribution in [0.4, 0.5) is 8.78 Å². The monoisotopic (exact) mass is 376 g/mol. The van der Waals surface area contributed by atoms with Crippen LogP contribution < -0.4 is 5.56 Å². The molecule has 0 aliphatic heterocycles. The van der Waals surface area contributed by atoms with Crippen LogP contribution in [0.2, 0.25) is 0 Å². The first kappa shape index (κ1) is 14.1. The topological polar surface area (TPSA) is 45.8 Å². The van der Waals surface area contributed by atoms with E-state index >= 15 is 0 Å². The molecule has 100 valence electrons. The average molecular weight is 376 g/mol. The van der Waals surface area contributed by atoms with Crippen LogP contribution in [0.5, 0.6) is 0 Å². The Morgan fingerprint density at radius 3 is 2.79 bits per heavy atom. The Balaban J connectivity index is 2.56. The van der Waals surface area contributed by atoms with E-state index in [9.17, 15) is 13.6 Å². The van der Waals surface area contributed by atoms with Gasteiger partial charge in [-0.25, -0.2) is 13.8 Å². The second kappa shape index (κ2) is 5.77. The summed E-state index contributed by atoms with van der Waals surface area (Å²) in [4.78, 5) is 18.7. The molecule has 1 heterocycles. The number of hydrogen-bond acceptors (Lipinski definition) is 2. The van der Waals surface area contributed by atoms with E-state index in [0.29, 0.717) is 27.1 Å². The maximum Gasteiger partial charge on any atom is 0.264 e. The molecule has 0 fully saturated rings. The Labute approximate surface area is 122 Å². The highest BCUT2D eigenvalue weighted by molar-refractivity contribution is 14.1. The third-order valence-electron chi connectivity index (χ3n) is 2.68. The van der Waals surface area contributed by atoms with Crippen molar-refractivity contribution in [2.75, 3.05) is 0 Å². The highest BCUT2D eigenvalue weighted by atomic mass is 127. The molecule has 0 aliphatic carbocycles. The number of hydrogen-bond donors (Lipinski definition) is 1. The number of aromatic nitrogens is 2. The van der Waals surface area contributed by atoms with Crippen LogP contribution in [0.25, 0.3) is 11.4 Å². The maximum absolute atomic E-state index is 12.7. The highest BCUT2D eigenvalue weighted by Crippen LogP contribution is 2.23. The van der Waals surface area contributed by atoms with Crippen molar-refractivity contribution in [3.8, 4) is 11.4 Å². The molecule has 0 bridgehead atoms. The fourth-order valence-corrected chi connectivity index (χ4v) is 2.33. The van der Waals surface area contributed by atoms with Crippen LogP contribution >= 0.6 is 22.6 Å². The molecule has 0 amide bonds. The minimum Gasteiger partial charge on any atom is -0.306 e. The van der Waals surface area contributed by atoms with E-state index in [0.717, 1.165) is 0 Å². The molecule has 2 rings (SSSR count). The second-order valence-electron chi connectivity index (χ2n) is 3.95. The van der Waals surface area contributed by atoms with Crippen molar-refractivity contribution in [1.82, 2.24) is 9.97 Å². The number of alkyl halides is 2. The van der Waals surface area contributed by atoms with Gasteiger partial charge in [0.1, 0.15) is 5.82 Å². The minimum atomic E-state index is -2.54. The van der Waals surface area contributed by atoms with Crippen molar-refractivity contribution in [2.24, 2.45) is 0 Å². The molecule has 1 aromatic heterocycles. The number of benzene rings is 1. The SMILES string of the molecule is CCc1nc(-c2cccc(C(F)F)c2)[nH]c(=O)c1I. The van der Waals surface area contributed by atoms with Gasteiger partial charge in [-0.1, -0.05) is 25.1 Å². The zero-order valence-electron chi connectivity index (χ0n) is 10.1. The fraction of sp³-hybridized carbons (Fsp3) is 0.231. The van der Waals surface area contributed by atoms with E-state index in [2.05, 4.69) is 9.97 Å². The predicted molar refractivity (Wildman–Crippen MR) is 77.3 cm³/mol. The van der Waals surface area contributed by atoms with Gasteiger partial charge in [0.05, 0.1) is 9.26 Å². The Hall–Kier alpha value is -1.31. The van der Waals surface area contributed by atoms with Gasteiger partial charge in [-0.2, -0.15) is 0 Å². The van der Waals surface area contributed by atoms with Crippen molar-refractivity contribution in [3.63, 3.8) is 0 Å². The third kappa shape index (κ3) is 2.99. The van der Waals surface area contributed by atoms with E-state index in [1.165, 1.54) is 18.2 Å². The molecule has 0 aliphatic rings. The first-order valence-electron chi connectivity index (χ1n) is 5.70. The van der Waals surface area contributed by atoms with Crippen LogP contribution in [-0.2, 0) is 6.42 Å². The molecule has 1 aromatic carbocycles. The van der Waals surface area contributed by atoms with E-state index in [-0.39, 0.29) is 11.1 Å². The van der Waals surface area contributed by atoms with Gasteiger partial charge in [0.25, 0.3) is 12.0 Å². The lowest BCUT2D eigenvalue weighted by molar-refractivity contribution is 0.151. The van der Waals surface area contributed by atoms with E-state index in [1.807, 2.05) is 29.5 Å². The van der Waals surface area contributed by atoms with Crippen LogP contribution in [0.1, 0.15) is 24.6 Å². The molecule has 6 heteroatoms. The summed E-state index contributed by atoms with van der Waals surface area (Å²) in [6, 6.07) is 5.87. The van der Waals surface area contributed by atoms with E-state index < -0.39 is 6.43 Å². The van der Waals surface area contributed by atoms with Crippen LogP contribution in [0, 0.1) is 3.57 Å². The molecule has 2 aromatic rings. The number of H-pyrrole nitrogens is 1. The summed E-state index contributed by atoms with van der Waals surface area (Å²) in [5, 5.41) is 0. The minimum absolute atomic E-state index is 0.0863. The molecule has 0 radical (unpaired) electrons. The lowest BCUT2D eigenvalue weighted by Gasteiger charge is -2.07. The Morgan fingerprint density at radius 2 is 2.16 bits per heavy atom. The Kier molecular flexibility index (Phi) is 4.28. The molecule has 3 nitrogen and oxygen atoms in total. The molecule has 0 atom stereocenters. The molecule has 0 saturated heterocycles. The first-order valence-corrected chi connectivity index (χ1v) is 6.78. The average Bonchev–Trinajstić information content (AvgIpc) is 2.41. The molecular formula is C13H11F2IN2O. The van der Waals surface area contributed by atoms with Gasteiger partial charge in [-0.15, -0.1) is 0 Å².